The van der Waals surface area contributed by atoms with Crippen molar-refractivity contribution in [2.45, 2.75) is 16.2 Å². The van der Waals surface area contributed by atoms with Crippen LogP contribution in [0.3, 0.4) is 0 Å². The number of anilines is 1. The van der Waals surface area contributed by atoms with E-state index in [2.05, 4.69) is 0 Å². The summed E-state index contributed by atoms with van der Waals surface area (Å²) in [5.41, 5.74) is 6.84. The molecule has 6 heteroatoms. The van der Waals surface area contributed by atoms with Gasteiger partial charge in [-0.3, -0.25) is 4.79 Å². The first-order valence-corrected chi connectivity index (χ1v) is 6.89. The zero-order valence-corrected chi connectivity index (χ0v) is 11.8. The number of rotatable bonds is 5. The Morgan fingerprint density at radius 1 is 1.05 bits per heavy atom. The maximum Gasteiger partial charge on any atom is 0.336 e. The Hall–Kier alpha value is -2.47. The fourth-order valence-corrected chi connectivity index (χ4v) is 2.70. The van der Waals surface area contributed by atoms with Crippen molar-refractivity contribution in [1.29, 1.82) is 0 Å². The lowest BCUT2D eigenvalue weighted by molar-refractivity contribution is -0.136. The summed E-state index contributed by atoms with van der Waals surface area (Å²) < 4.78 is 0. The van der Waals surface area contributed by atoms with E-state index in [0.717, 1.165) is 4.90 Å². The molecule has 0 heterocycles. The second-order valence-corrected chi connectivity index (χ2v) is 5.49. The average molecular weight is 303 g/mol. The molecule has 0 unspecified atom stereocenters. The monoisotopic (exact) mass is 303 g/mol. The van der Waals surface area contributed by atoms with E-state index in [1.54, 1.807) is 36.4 Å². The highest BCUT2D eigenvalue weighted by molar-refractivity contribution is 7.99. The normalized spacial score (nSPS) is 10.3. The van der Waals surface area contributed by atoms with Gasteiger partial charge in [-0.25, -0.2) is 4.79 Å². The van der Waals surface area contributed by atoms with Gasteiger partial charge in [0, 0.05) is 15.5 Å². The largest absolute Gasteiger partial charge is 0.481 e. The van der Waals surface area contributed by atoms with Crippen LogP contribution in [0, 0.1) is 0 Å². The maximum absolute atomic E-state index is 11.2. The summed E-state index contributed by atoms with van der Waals surface area (Å²) in [6.07, 6.45) is -0.0345. The van der Waals surface area contributed by atoms with E-state index < -0.39 is 11.9 Å². The Morgan fingerprint density at radius 3 is 2.29 bits per heavy atom. The van der Waals surface area contributed by atoms with Crippen molar-refractivity contribution in [3.63, 3.8) is 0 Å². The first-order valence-electron chi connectivity index (χ1n) is 6.07. The van der Waals surface area contributed by atoms with Gasteiger partial charge in [0.2, 0.25) is 0 Å². The van der Waals surface area contributed by atoms with Crippen LogP contribution in [0.2, 0.25) is 0 Å². The molecule has 0 atom stereocenters. The first kappa shape index (κ1) is 14.9. The minimum absolute atomic E-state index is 0.0345. The highest BCUT2D eigenvalue weighted by atomic mass is 32.2. The van der Waals surface area contributed by atoms with Gasteiger partial charge in [0.25, 0.3) is 0 Å². The molecular formula is C15H13NO4S. The van der Waals surface area contributed by atoms with Gasteiger partial charge >= 0.3 is 11.9 Å². The summed E-state index contributed by atoms with van der Waals surface area (Å²) in [6.45, 7) is 0. The van der Waals surface area contributed by atoms with E-state index >= 15 is 0 Å². The van der Waals surface area contributed by atoms with Gasteiger partial charge in [-0.2, -0.15) is 0 Å². The lowest BCUT2D eigenvalue weighted by atomic mass is 10.2. The highest BCUT2D eigenvalue weighted by Crippen LogP contribution is 2.31. The Labute approximate surface area is 125 Å². The Bertz CT molecular complexity index is 683. The number of carbonyl (C=O) groups is 2. The molecule has 0 radical (unpaired) electrons. The Morgan fingerprint density at radius 2 is 1.71 bits per heavy atom. The maximum atomic E-state index is 11.2. The predicted octanol–water partition coefficient (Wildman–Crippen LogP) is 2.75. The number of aromatic carboxylic acids is 1. The summed E-state index contributed by atoms with van der Waals surface area (Å²) in [5, 5.41) is 17.9. The predicted molar refractivity (Wildman–Crippen MR) is 79.7 cm³/mol. The summed E-state index contributed by atoms with van der Waals surface area (Å²) >= 11 is 1.30. The van der Waals surface area contributed by atoms with E-state index in [0.29, 0.717) is 16.1 Å². The molecule has 2 aromatic rings. The first-order chi connectivity index (χ1) is 9.95. The fraction of sp³-hybridized carbons (Fsp3) is 0.0667. The quantitative estimate of drug-likeness (QED) is 0.734. The van der Waals surface area contributed by atoms with Crippen LogP contribution in [-0.4, -0.2) is 22.2 Å². The van der Waals surface area contributed by atoms with Crippen LogP contribution >= 0.6 is 11.8 Å². The molecule has 108 valence electrons. The topological polar surface area (TPSA) is 101 Å². The molecule has 2 aromatic carbocycles. The van der Waals surface area contributed by atoms with Crippen molar-refractivity contribution in [2.24, 2.45) is 0 Å². The number of nitrogens with two attached hydrogens (primary N) is 1. The third-order valence-electron chi connectivity index (χ3n) is 2.74. The van der Waals surface area contributed by atoms with Crippen LogP contribution in [0.1, 0.15) is 15.9 Å². The zero-order chi connectivity index (χ0) is 15.4. The van der Waals surface area contributed by atoms with E-state index in [1.165, 1.54) is 17.8 Å². The number of hydrogen-bond donors (Lipinski definition) is 3. The summed E-state index contributed by atoms with van der Waals surface area (Å²) in [6, 6.07) is 11.7. The SMILES string of the molecule is Nc1ccc(Sc2ccc(CC(=O)O)cc2)c(C(=O)O)c1. The molecule has 5 nitrogen and oxygen atoms in total. The number of aliphatic carboxylic acids is 1. The van der Waals surface area contributed by atoms with Crippen molar-refractivity contribution in [1.82, 2.24) is 0 Å². The molecule has 0 aliphatic carbocycles. The lowest BCUT2D eigenvalue weighted by Crippen LogP contribution is -2.00. The standard InChI is InChI=1S/C15H13NO4S/c16-10-3-6-13(12(8-10)15(19)20)21-11-4-1-9(2-5-11)7-14(17)18/h1-6,8H,7,16H2,(H,17,18)(H,19,20). The number of carboxylic acids is 2. The molecule has 0 aromatic heterocycles. The van der Waals surface area contributed by atoms with Crippen LogP contribution in [0.15, 0.2) is 52.3 Å². The zero-order valence-electron chi connectivity index (χ0n) is 10.9. The average Bonchev–Trinajstić information content (AvgIpc) is 2.42. The fourth-order valence-electron chi connectivity index (χ4n) is 1.78. The molecule has 0 saturated carbocycles. The van der Waals surface area contributed by atoms with Crippen molar-refractivity contribution in [3.8, 4) is 0 Å². The second kappa shape index (κ2) is 6.32. The molecule has 0 amide bonds. The Kier molecular flexibility index (Phi) is 4.49. The second-order valence-electron chi connectivity index (χ2n) is 4.38. The summed E-state index contributed by atoms with van der Waals surface area (Å²) in [4.78, 5) is 23.2. The molecule has 0 saturated heterocycles. The molecule has 0 aliphatic rings. The molecule has 2 rings (SSSR count). The summed E-state index contributed by atoms with van der Waals surface area (Å²) in [5.74, 6) is -1.92. The van der Waals surface area contributed by atoms with Crippen LogP contribution in [-0.2, 0) is 11.2 Å². The smallest absolute Gasteiger partial charge is 0.336 e. The van der Waals surface area contributed by atoms with Gasteiger partial charge in [-0.15, -0.1) is 0 Å². The van der Waals surface area contributed by atoms with Crippen molar-refractivity contribution in [2.75, 3.05) is 5.73 Å². The van der Waals surface area contributed by atoms with Gasteiger partial charge in [0.15, 0.2) is 0 Å². The molecule has 0 fully saturated rings. The van der Waals surface area contributed by atoms with Crippen LogP contribution in [0.5, 0.6) is 0 Å². The third kappa shape index (κ3) is 4.00. The lowest BCUT2D eigenvalue weighted by Gasteiger charge is -2.07. The molecule has 21 heavy (non-hydrogen) atoms. The van der Waals surface area contributed by atoms with Gasteiger partial charge < -0.3 is 15.9 Å². The number of hydrogen-bond acceptors (Lipinski definition) is 4. The number of nitrogen functional groups attached to an aromatic ring is 1. The number of carboxylic acid groups (broad SMARTS) is 2. The minimum Gasteiger partial charge on any atom is -0.481 e. The molecular weight excluding hydrogens is 290 g/mol. The summed E-state index contributed by atoms with van der Waals surface area (Å²) in [7, 11) is 0. The number of benzene rings is 2. The molecule has 0 aliphatic heterocycles. The van der Waals surface area contributed by atoms with E-state index in [9.17, 15) is 14.7 Å². The van der Waals surface area contributed by atoms with Crippen LogP contribution in [0.25, 0.3) is 0 Å². The van der Waals surface area contributed by atoms with Crippen molar-refractivity contribution < 1.29 is 19.8 Å². The third-order valence-corrected chi connectivity index (χ3v) is 3.82. The van der Waals surface area contributed by atoms with Gasteiger partial charge in [0.1, 0.15) is 0 Å². The highest BCUT2D eigenvalue weighted by Gasteiger charge is 2.12. The van der Waals surface area contributed by atoms with Gasteiger partial charge in [-0.05, 0) is 35.9 Å². The van der Waals surface area contributed by atoms with Crippen LogP contribution in [0.4, 0.5) is 5.69 Å². The van der Waals surface area contributed by atoms with E-state index in [4.69, 9.17) is 10.8 Å². The van der Waals surface area contributed by atoms with Crippen molar-refractivity contribution >= 4 is 29.4 Å². The molecule has 4 N–H and O–H groups in total. The minimum atomic E-state index is -1.03. The Balaban J connectivity index is 2.22. The van der Waals surface area contributed by atoms with Crippen molar-refractivity contribution in [3.05, 3.63) is 53.6 Å². The molecule has 0 spiro atoms. The van der Waals surface area contributed by atoms with Gasteiger partial charge in [0.05, 0.1) is 12.0 Å². The van der Waals surface area contributed by atoms with E-state index in [-0.39, 0.29) is 12.0 Å². The van der Waals surface area contributed by atoms with E-state index in [1.807, 2.05) is 0 Å². The molecule has 0 bridgehead atoms. The van der Waals surface area contributed by atoms with Crippen LogP contribution < -0.4 is 5.73 Å². The van der Waals surface area contributed by atoms with Gasteiger partial charge in [-0.1, -0.05) is 23.9 Å².